The van der Waals surface area contributed by atoms with Gasteiger partial charge in [-0.3, -0.25) is 9.55 Å². The van der Waals surface area contributed by atoms with E-state index in [-0.39, 0.29) is 59.3 Å². The monoisotopic (exact) mass is 1130 g/mol. The van der Waals surface area contributed by atoms with Gasteiger partial charge in [0.1, 0.15) is 11.6 Å². The largest absolute Gasteiger partial charge is 0.507 e. The van der Waals surface area contributed by atoms with Crippen molar-refractivity contribution in [3.63, 3.8) is 0 Å². The van der Waals surface area contributed by atoms with Gasteiger partial charge in [-0.05, 0) is 115 Å². The molecular weight excluding hydrogens is 1060 g/mol. The molecule has 0 saturated heterocycles. The van der Waals surface area contributed by atoms with Crippen molar-refractivity contribution in [2.75, 3.05) is 0 Å². The maximum atomic E-state index is 12.6. The number of pyridine rings is 1. The van der Waals surface area contributed by atoms with Gasteiger partial charge in [0.25, 0.3) is 0 Å². The molecular formula is C67H76N3OPt-. The van der Waals surface area contributed by atoms with Crippen molar-refractivity contribution >= 4 is 11.0 Å². The van der Waals surface area contributed by atoms with Crippen LogP contribution in [0, 0.1) is 6.07 Å². The van der Waals surface area contributed by atoms with Gasteiger partial charge in [-0.1, -0.05) is 207 Å². The molecule has 0 unspecified atom stereocenters. The van der Waals surface area contributed by atoms with Gasteiger partial charge in [0.05, 0.1) is 22.3 Å². The van der Waals surface area contributed by atoms with Crippen LogP contribution in [-0.2, 0) is 53.6 Å². The Bertz CT molecular complexity index is 3320. The number of benzene rings is 6. The first-order chi connectivity index (χ1) is 33.1. The maximum Gasteiger partial charge on any atom is 0.148 e. The van der Waals surface area contributed by atoms with Gasteiger partial charge in [0, 0.05) is 44.1 Å². The van der Waals surface area contributed by atoms with Crippen molar-refractivity contribution in [3.05, 3.63) is 167 Å². The number of aromatic hydroxyl groups is 1. The Morgan fingerprint density at radius 2 is 1.14 bits per heavy atom. The zero-order valence-corrected chi connectivity index (χ0v) is 48.1. The molecule has 2 aromatic heterocycles. The minimum atomic E-state index is -0.331. The summed E-state index contributed by atoms with van der Waals surface area (Å²) in [6.07, 6.45) is 5.56. The molecule has 0 saturated carbocycles. The molecule has 1 aliphatic rings. The van der Waals surface area contributed by atoms with Gasteiger partial charge < -0.3 is 5.11 Å². The number of phenols is 1. The van der Waals surface area contributed by atoms with Gasteiger partial charge in [-0.2, -0.15) is 0 Å². The van der Waals surface area contributed by atoms with Gasteiger partial charge >= 0.3 is 0 Å². The SMILES string of the molecule is CC(C)(C)c1cc(-c2cc(-c3ccc4c(c3)C(C)(C)CCCC4(C)C)ccn2)[c-]c(-c2cccc3c2nc(-c2cc(C(C)(C)C)cc(C(C)(C)C)c2O)n3-c2ccc(C(C)(C)C)cc2-c2ccccc2)c1.[Pt]. The smallest absolute Gasteiger partial charge is 0.148 e. The number of hydrogen-bond donors (Lipinski definition) is 1. The van der Waals surface area contributed by atoms with Crippen LogP contribution >= 0.6 is 0 Å². The first-order valence-corrected chi connectivity index (χ1v) is 25.9. The number of imidazole rings is 1. The Morgan fingerprint density at radius 3 is 1.79 bits per heavy atom. The van der Waals surface area contributed by atoms with E-state index in [9.17, 15) is 5.11 Å². The van der Waals surface area contributed by atoms with Crippen LogP contribution < -0.4 is 0 Å². The molecule has 1 N–H and O–H groups in total. The van der Waals surface area contributed by atoms with Crippen LogP contribution in [0.5, 0.6) is 5.75 Å². The second-order valence-corrected chi connectivity index (χ2v) is 26.0. The second kappa shape index (κ2) is 18.7. The molecule has 376 valence electrons. The summed E-state index contributed by atoms with van der Waals surface area (Å²) in [7, 11) is 0. The zero-order chi connectivity index (χ0) is 51.2. The predicted molar refractivity (Wildman–Crippen MR) is 301 cm³/mol. The zero-order valence-electron chi connectivity index (χ0n) is 45.9. The van der Waals surface area contributed by atoms with Gasteiger partial charge in [0.15, 0.2) is 0 Å². The Labute approximate surface area is 446 Å². The molecule has 5 heteroatoms. The fourth-order valence-electron chi connectivity index (χ4n) is 10.8. The third-order valence-corrected chi connectivity index (χ3v) is 15.4. The molecule has 0 spiro atoms. The van der Waals surface area contributed by atoms with E-state index < -0.39 is 0 Å². The van der Waals surface area contributed by atoms with Crippen molar-refractivity contribution in [3.8, 4) is 67.5 Å². The van der Waals surface area contributed by atoms with Crippen LogP contribution in [0.1, 0.15) is 163 Å². The van der Waals surface area contributed by atoms with E-state index in [0.29, 0.717) is 11.4 Å². The van der Waals surface area contributed by atoms with Crippen LogP contribution in [0.25, 0.3) is 72.7 Å². The summed E-state index contributed by atoms with van der Waals surface area (Å²) in [5.74, 6) is 0.948. The first-order valence-electron chi connectivity index (χ1n) is 25.9. The summed E-state index contributed by atoms with van der Waals surface area (Å²) in [5, 5.41) is 12.6. The van der Waals surface area contributed by atoms with E-state index in [2.05, 4.69) is 243 Å². The third-order valence-electron chi connectivity index (χ3n) is 15.4. The molecule has 4 nitrogen and oxygen atoms in total. The fraction of sp³-hybridized carbons (Fsp3) is 0.373. The number of nitrogens with zero attached hydrogens (tertiary/aromatic N) is 3. The van der Waals surface area contributed by atoms with Crippen LogP contribution in [0.4, 0.5) is 0 Å². The molecule has 8 aromatic rings. The molecule has 2 heterocycles. The van der Waals surface area contributed by atoms with E-state index >= 15 is 0 Å². The number of rotatable bonds is 6. The quantitative estimate of drug-likeness (QED) is 0.133. The minimum absolute atomic E-state index is 0. The molecule has 0 amide bonds. The molecule has 0 bridgehead atoms. The number of phenolic OH excluding ortho intramolecular Hbond substituents is 1. The van der Waals surface area contributed by atoms with E-state index in [1.54, 1.807) is 0 Å². The first kappa shape index (κ1) is 52.7. The molecule has 0 radical (unpaired) electrons. The molecule has 0 atom stereocenters. The van der Waals surface area contributed by atoms with Crippen LogP contribution in [0.15, 0.2) is 128 Å². The minimum Gasteiger partial charge on any atom is -0.507 e. The Balaban J connectivity index is 0.00000693. The number of hydrogen-bond acceptors (Lipinski definition) is 3. The molecule has 1 aliphatic carbocycles. The summed E-state index contributed by atoms with van der Waals surface area (Å²) >= 11 is 0. The van der Waals surface area contributed by atoms with Crippen molar-refractivity contribution in [1.29, 1.82) is 0 Å². The predicted octanol–water partition coefficient (Wildman–Crippen LogP) is 18.2. The van der Waals surface area contributed by atoms with Crippen LogP contribution in [0.3, 0.4) is 0 Å². The number of aromatic nitrogens is 3. The second-order valence-electron chi connectivity index (χ2n) is 26.0. The molecule has 9 rings (SSSR count). The number of para-hydroxylation sites is 1. The van der Waals surface area contributed by atoms with Crippen molar-refractivity contribution in [1.82, 2.24) is 14.5 Å². The summed E-state index contributed by atoms with van der Waals surface area (Å²) in [6, 6.07) is 48.4. The summed E-state index contributed by atoms with van der Waals surface area (Å²) in [4.78, 5) is 10.8. The van der Waals surface area contributed by atoms with Gasteiger partial charge in [-0.25, -0.2) is 4.98 Å². The topological polar surface area (TPSA) is 50.9 Å². The normalized spacial score (nSPS) is 14.9. The molecule has 72 heavy (non-hydrogen) atoms. The molecule has 0 aliphatic heterocycles. The Morgan fingerprint density at radius 1 is 0.528 bits per heavy atom. The average molecular weight is 1130 g/mol. The number of fused-ring (bicyclic) bond motifs is 2. The summed E-state index contributed by atoms with van der Waals surface area (Å²) < 4.78 is 2.30. The van der Waals surface area contributed by atoms with E-state index in [0.717, 1.165) is 66.9 Å². The van der Waals surface area contributed by atoms with Crippen molar-refractivity contribution in [2.24, 2.45) is 0 Å². The molecule has 0 fully saturated rings. The average Bonchev–Trinajstić information content (AvgIpc) is 3.65. The van der Waals surface area contributed by atoms with Crippen LogP contribution in [-0.4, -0.2) is 19.6 Å². The fourth-order valence-corrected chi connectivity index (χ4v) is 10.8. The third kappa shape index (κ3) is 10.1. The van der Waals surface area contributed by atoms with Crippen LogP contribution in [0.2, 0.25) is 0 Å². The Hall–Kier alpha value is -5.57. The van der Waals surface area contributed by atoms with E-state index in [4.69, 9.17) is 9.97 Å². The van der Waals surface area contributed by atoms with Crippen molar-refractivity contribution in [2.45, 2.75) is 163 Å². The summed E-state index contributed by atoms with van der Waals surface area (Å²) in [6.45, 7) is 36.5. The van der Waals surface area contributed by atoms with Crippen molar-refractivity contribution < 1.29 is 26.2 Å². The molecule has 6 aromatic carbocycles. The van der Waals surface area contributed by atoms with E-state index in [1.807, 2.05) is 6.20 Å². The maximum absolute atomic E-state index is 12.6. The van der Waals surface area contributed by atoms with E-state index in [1.165, 1.54) is 47.1 Å². The van der Waals surface area contributed by atoms with Gasteiger partial charge in [0.2, 0.25) is 0 Å². The standard InChI is InChI=1S/C67H76N3O.Pt/c1-62(2,3)47-27-29-57(51(39-47)42-22-18-17-19-23-42)70-58-25-20-24-50(59(58)69-61(70)52-40-49(64(7,8)9)41-55(60(52)71)65(10,11)12)45-34-46(36-48(35-45)63(4,5)6)56-38-44(30-33-68-56)43-26-28-53-54(37-43)67(15,16)32-21-31-66(53,13)14;/h17-20,22-30,33,35-41,71H,21,31-32H2,1-16H3;/q-1;. The van der Waals surface area contributed by atoms with Gasteiger partial charge in [-0.15, -0.1) is 29.3 Å². The summed E-state index contributed by atoms with van der Waals surface area (Å²) in [5.41, 5.74) is 18.7. The Kier molecular flexibility index (Phi) is 13.7.